The third-order valence-corrected chi connectivity index (χ3v) is 2.94. The van der Waals surface area contributed by atoms with Crippen LogP contribution in [0.2, 0.25) is 0 Å². The monoisotopic (exact) mass is 213 g/mol. The molecule has 2 aromatic rings. The maximum Gasteiger partial charge on any atom is 0.305 e. The largest absolute Gasteiger partial charge is 0.312 e. The summed E-state index contributed by atoms with van der Waals surface area (Å²) < 4.78 is 1.01. The minimum Gasteiger partial charge on any atom is -0.312 e. The molecule has 0 saturated heterocycles. The van der Waals surface area contributed by atoms with Crippen LogP contribution in [0.5, 0.6) is 0 Å². The van der Waals surface area contributed by atoms with Gasteiger partial charge in [0, 0.05) is 5.88 Å². The number of nitrogens with one attached hydrogen (secondary N) is 1. The van der Waals surface area contributed by atoms with Crippen LogP contribution >= 0.6 is 22.9 Å². The van der Waals surface area contributed by atoms with Gasteiger partial charge in [-0.05, 0) is 18.1 Å². The van der Waals surface area contributed by atoms with Crippen molar-refractivity contribution in [3.63, 3.8) is 0 Å². The third-order valence-electron chi connectivity index (χ3n) is 1.91. The first kappa shape index (κ1) is 8.78. The smallest absolute Gasteiger partial charge is 0.305 e. The van der Waals surface area contributed by atoms with Gasteiger partial charge in [-0.15, -0.1) is 11.6 Å². The summed E-state index contributed by atoms with van der Waals surface area (Å²) in [4.78, 5) is 13.9. The Kier molecular flexibility index (Phi) is 2.38. The Labute approximate surface area is 84.2 Å². The number of aromatic nitrogens is 1. The average Bonchev–Trinajstić information content (AvgIpc) is 2.47. The summed E-state index contributed by atoms with van der Waals surface area (Å²) in [6.07, 6.45) is 0.797. The van der Waals surface area contributed by atoms with Crippen LogP contribution in [0.25, 0.3) is 10.2 Å². The Morgan fingerprint density at radius 2 is 2.31 bits per heavy atom. The molecule has 0 aliphatic rings. The van der Waals surface area contributed by atoms with E-state index >= 15 is 0 Å². The number of aryl methyl sites for hydroxylation is 1. The molecule has 0 saturated carbocycles. The molecule has 0 aliphatic carbocycles. The molecule has 1 aromatic carbocycles. The molecule has 4 heteroatoms. The molecule has 0 aliphatic heterocycles. The zero-order valence-corrected chi connectivity index (χ0v) is 8.41. The van der Waals surface area contributed by atoms with Crippen LogP contribution in [0, 0.1) is 0 Å². The van der Waals surface area contributed by atoms with Crippen molar-refractivity contribution in [1.82, 2.24) is 4.98 Å². The van der Waals surface area contributed by atoms with Crippen molar-refractivity contribution in [2.75, 3.05) is 5.88 Å². The number of para-hydroxylation sites is 1. The van der Waals surface area contributed by atoms with Crippen LogP contribution < -0.4 is 4.87 Å². The molecule has 0 atom stereocenters. The first-order chi connectivity index (χ1) is 6.31. The van der Waals surface area contributed by atoms with Crippen molar-refractivity contribution in [2.45, 2.75) is 6.42 Å². The van der Waals surface area contributed by atoms with Crippen molar-refractivity contribution in [3.8, 4) is 0 Å². The van der Waals surface area contributed by atoms with E-state index in [1.165, 1.54) is 11.3 Å². The maximum atomic E-state index is 11.1. The van der Waals surface area contributed by atoms with Gasteiger partial charge in [-0.3, -0.25) is 4.79 Å². The van der Waals surface area contributed by atoms with E-state index in [1.807, 2.05) is 18.2 Å². The highest BCUT2D eigenvalue weighted by molar-refractivity contribution is 7.16. The number of halogens is 1. The van der Waals surface area contributed by atoms with Crippen LogP contribution in [0.1, 0.15) is 5.56 Å². The van der Waals surface area contributed by atoms with E-state index in [-0.39, 0.29) is 4.87 Å². The standard InChI is InChI=1S/C9H8ClNOS/c10-5-4-6-2-1-3-7-8(6)11-9(12)13-7/h1-3H,4-5H2,(H,11,12). The topological polar surface area (TPSA) is 32.9 Å². The quantitative estimate of drug-likeness (QED) is 0.764. The minimum absolute atomic E-state index is 0.00276. The molecule has 0 unspecified atom stereocenters. The molecule has 0 fully saturated rings. The molecular formula is C9H8ClNOS. The number of alkyl halides is 1. The summed E-state index contributed by atoms with van der Waals surface area (Å²) in [5.74, 6) is 0.580. The number of benzene rings is 1. The second-order valence-corrected chi connectivity index (χ2v) is 4.14. The molecule has 68 valence electrons. The molecular weight excluding hydrogens is 206 g/mol. The van der Waals surface area contributed by atoms with Crippen molar-refractivity contribution in [3.05, 3.63) is 33.4 Å². The number of aromatic amines is 1. The second kappa shape index (κ2) is 3.52. The first-order valence-corrected chi connectivity index (χ1v) is 5.33. The van der Waals surface area contributed by atoms with E-state index in [0.29, 0.717) is 5.88 Å². The lowest BCUT2D eigenvalue weighted by Crippen LogP contribution is -1.93. The SMILES string of the molecule is O=c1[nH]c2c(CCCl)cccc2s1. The van der Waals surface area contributed by atoms with Gasteiger partial charge in [0.2, 0.25) is 0 Å². The van der Waals surface area contributed by atoms with Gasteiger partial charge in [-0.2, -0.15) is 0 Å². The van der Waals surface area contributed by atoms with Gasteiger partial charge in [0.1, 0.15) is 0 Å². The second-order valence-electron chi connectivity index (χ2n) is 2.74. The Hall–Kier alpha value is -0.800. The summed E-state index contributed by atoms with van der Waals surface area (Å²) in [7, 11) is 0. The highest BCUT2D eigenvalue weighted by atomic mass is 35.5. The molecule has 13 heavy (non-hydrogen) atoms. The van der Waals surface area contributed by atoms with E-state index < -0.39 is 0 Å². The lowest BCUT2D eigenvalue weighted by atomic mass is 10.1. The van der Waals surface area contributed by atoms with Gasteiger partial charge in [-0.1, -0.05) is 23.5 Å². The minimum atomic E-state index is -0.00276. The lowest BCUT2D eigenvalue weighted by molar-refractivity contribution is 1.16. The number of thiazole rings is 1. The van der Waals surface area contributed by atoms with E-state index in [1.54, 1.807) is 0 Å². The number of fused-ring (bicyclic) bond motifs is 1. The predicted molar refractivity (Wildman–Crippen MR) is 56.9 cm³/mol. The van der Waals surface area contributed by atoms with E-state index in [2.05, 4.69) is 4.98 Å². The Morgan fingerprint density at radius 3 is 3.08 bits per heavy atom. The number of hydrogen-bond donors (Lipinski definition) is 1. The summed E-state index contributed by atoms with van der Waals surface area (Å²) in [5, 5.41) is 0. The molecule has 0 bridgehead atoms. The van der Waals surface area contributed by atoms with Crippen LogP contribution in [0.4, 0.5) is 0 Å². The van der Waals surface area contributed by atoms with Gasteiger partial charge in [0.05, 0.1) is 10.2 Å². The van der Waals surface area contributed by atoms with Gasteiger partial charge in [0.15, 0.2) is 0 Å². The highest BCUT2D eigenvalue weighted by Gasteiger charge is 2.03. The van der Waals surface area contributed by atoms with E-state index in [9.17, 15) is 4.79 Å². The normalized spacial score (nSPS) is 10.8. The van der Waals surface area contributed by atoms with Crippen molar-refractivity contribution in [1.29, 1.82) is 0 Å². The molecule has 1 heterocycles. The summed E-state index contributed by atoms with van der Waals surface area (Å²) in [6, 6.07) is 5.89. The van der Waals surface area contributed by atoms with Crippen molar-refractivity contribution in [2.24, 2.45) is 0 Å². The molecule has 0 radical (unpaired) electrons. The molecule has 2 rings (SSSR count). The predicted octanol–water partition coefficient (Wildman–Crippen LogP) is 2.37. The van der Waals surface area contributed by atoms with E-state index in [4.69, 9.17) is 11.6 Å². The van der Waals surface area contributed by atoms with Crippen LogP contribution in [-0.4, -0.2) is 10.9 Å². The van der Waals surface area contributed by atoms with E-state index in [0.717, 1.165) is 22.2 Å². The average molecular weight is 214 g/mol. The van der Waals surface area contributed by atoms with Gasteiger partial charge in [0.25, 0.3) is 0 Å². The molecule has 0 spiro atoms. The maximum absolute atomic E-state index is 11.1. The van der Waals surface area contributed by atoms with Gasteiger partial charge in [-0.25, -0.2) is 0 Å². The van der Waals surface area contributed by atoms with Crippen molar-refractivity contribution >= 4 is 33.2 Å². The van der Waals surface area contributed by atoms with Gasteiger partial charge < -0.3 is 4.98 Å². The van der Waals surface area contributed by atoms with Crippen LogP contribution in [-0.2, 0) is 6.42 Å². The fraction of sp³-hybridized carbons (Fsp3) is 0.222. The van der Waals surface area contributed by atoms with Crippen LogP contribution in [0.15, 0.2) is 23.0 Å². The number of H-pyrrole nitrogens is 1. The zero-order chi connectivity index (χ0) is 9.26. The Bertz CT molecular complexity index is 474. The van der Waals surface area contributed by atoms with Crippen molar-refractivity contribution < 1.29 is 0 Å². The fourth-order valence-electron chi connectivity index (χ4n) is 1.34. The summed E-state index contributed by atoms with van der Waals surface area (Å²) in [6.45, 7) is 0. The first-order valence-electron chi connectivity index (χ1n) is 3.98. The molecule has 1 aromatic heterocycles. The zero-order valence-electron chi connectivity index (χ0n) is 6.84. The molecule has 2 nitrogen and oxygen atoms in total. The third kappa shape index (κ3) is 1.62. The Morgan fingerprint density at radius 1 is 1.46 bits per heavy atom. The number of rotatable bonds is 2. The van der Waals surface area contributed by atoms with Gasteiger partial charge >= 0.3 is 4.87 Å². The molecule has 0 amide bonds. The summed E-state index contributed by atoms with van der Waals surface area (Å²) in [5.41, 5.74) is 2.06. The van der Waals surface area contributed by atoms with Crippen LogP contribution in [0.3, 0.4) is 0 Å². The molecule has 1 N–H and O–H groups in total. The number of hydrogen-bond acceptors (Lipinski definition) is 2. The fourth-order valence-corrected chi connectivity index (χ4v) is 2.33. The Balaban J connectivity index is 2.67. The lowest BCUT2D eigenvalue weighted by Gasteiger charge is -1.97. The summed E-state index contributed by atoms with van der Waals surface area (Å²) >= 11 is 6.89. The highest BCUT2D eigenvalue weighted by Crippen LogP contribution is 2.18.